The Hall–Kier alpha value is -2.04. The molecule has 2 saturated carbocycles. The van der Waals surface area contributed by atoms with Gasteiger partial charge in [-0.1, -0.05) is 44.2 Å². The number of rotatable bonds is 4. The maximum absolute atomic E-state index is 12.8. The van der Waals surface area contributed by atoms with Crippen LogP contribution in [-0.2, 0) is 9.53 Å². The SMILES string of the molecule is CC1CC2CC(C)C(C(NC(=O)[C@@H]3CNC(=O)O3)c3ccccc3)C(C1)C2. The summed E-state index contributed by atoms with van der Waals surface area (Å²) in [5.74, 6) is 3.02. The second-order valence-corrected chi connectivity index (χ2v) is 8.90. The molecule has 0 radical (unpaired) electrons. The quantitative estimate of drug-likeness (QED) is 0.850. The molecule has 5 nitrogen and oxygen atoms in total. The summed E-state index contributed by atoms with van der Waals surface area (Å²) in [5, 5.41) is 5.83. The summed E-state index contributed by atoms with van der Waals surface area (Å²) in [6.07, 6.45) is 3.86. The highest BCUT2D eigenvalue weighted by molar-refractivity contribution is 5.86. The first kappa shape index (κ1) is 18.3. The zero-order chi connectivity index (χ0) is 19.0. The molecule has 1 heterocycles. The van der Waals surface area contributed by atoms with E-state index in [1.165, 1.54) is 25.7 Å². The van der Waals surface area contributed by atoms with Crippen LogP contribution in [0.25, 0.3) is 0 Å². The van der Waals surface area contributed by atoms with Gasteiger partial charge in [0.1, 0.15) is 0 Å². The number of alkyl carbamates (subject to hydrolysis) is 1. The van der Waals surface area contributed by atoms with Crippen LogP contribution in [0.5, 0.6) is 0 Å². The van der Waals surface area contributed by atoms with Crippen LogP contribution in [0.2, 0.25) is 0 Å². The predicted molar refractivity (Wildman–Crippen MR) is 103 cm³/mol. The molecule has 0 aromatic heterocycles. The Bertz CT molecular complexity index is 688. The van der Waals surface area contributed by atoms with Crippen molar-refractivity contribution in [3.63, 3.8) is 0 Å². The van der Waals surface area contributed by atoms with E-state index < -0.39 is 12.2 Å². The monoisotopic (exact) mass is 370 g/mol. The van der Waals surface area contributed by atoms with Gasteiger partial charge in [-0.05, 0) is 60.8 Å². The van der Waals surface area contributed by atoms with Crippen LogP contribution in [0.3, 0.4) is 0 Å². The minimum atomic E-state index is -0.736. The van der Waals surface area contributed by atoms with E-state index in [1.807, 2.05) is 18.2 Å². The number of nitrogens with one attached hydrogen (secondary N) is 2. The first-order valence-electron chi connectivity index (χ1n) is 10.3. The molecule has 3 fully saturated rings. The van der Waals surface area contributed by atoms with E-state index in [0.717, 1.165) is 17.4 Å². The number of cyclic esters (lactones) is 1. The Labute approximate surface area is 161 Å². The first-order valence-corrected chi connectivity index (χ1v) is 10.3. The third kappa shape index (κ3) is 3.83. The minimum Gasteiger partial charge on any atom is -0.434 e. The highest BCUT2D eigenvalue weighted by Gasteiger charge is 2.45. The van der Waals surface area contributed by atoms with Gasteiger partial charge in [0.2, 0.25) is 0 Å². The Morgan fingerprint density at radius 2 is 1.93 bits per heavy atom. The molecule has 1 aromatic rings. The first-order chi connectivity index (χ1) is 13.0. The summed E-state index contributed by atoms with van der Waals surface area (Å²) in [7, 11) is 0. The number of benzene rings is 1. The fourth-order valence-corrected chi connectivity index (χ4v) is 5.90. The second kappa shape index (κ2) is 7.53. The number of hydrogen-bond acceptors (Lipinski definition) is 3. The molecule has 2 N–H and O–H groups in total. The molecule has 3 aliphatic rings. The standard InChI is InChI=1S/C22H30N2O3/c1-13-8-15-10-14(2)19(17(9-13)11-15)20(16-6-4-3-5-7-16)24-21(25)18-12-23-22(26)27-18/h3-7,13-15,17-20H,8-12H2,1-2H3,(H,23,26)(H,24,25)/t13?,14?,15?,17?,18-,19?,20?/m0/s1. The van der Waals surface area contributed by atoms with Gasteiger partial charge in [0.25, 0.3) is 5.91 Å². The number of hydrogen-bond donors (Lipinski definition) is 2. The van der Waals surface area contributed by atoms with Crippen LogP contribution < -0.4 is 10.6 Å². The van der Waals surface area contributed by atoms with E-state index in [4.69, 9.17) is 4.74 Å². The lowest BCUT2D eigenvalue weighted by molar-refractivity contribution is -0.129. The van der Waals surface area contributed by atoms with E-state index in [-0.39, 0.29) is 18.5 Å². The van der Waals surface area contributed by atoms with E-state index in [2.05, 4.69) is 36.6 Å². The third-order valence-corrected chi connectivity index (χ3v) is 6.80. The summed E-state index contributed by atoms with van der Waals surface area (Å²) >= 11 is 0. The summed E-state index contributed by atoms with van der Waals surface area (Å²) < 4.78 is 5.11. The molecular weight excluding hydrogens is 340 g/mol. The molecule has 5 heteroatoms. The van der Waals surface area contributed by atoms with Crippen molar-refractivity contribution in [3.8, 4) is 0 Å². The average molecular weight is 370 g/mol. The van der Waals surface area contributed by atoms with E-state index >= 15 is 0 Å². The molecule has 7 atom stereocenters. The maximum Gasteiger partial charge on any atom is 0.408 e. The molecule has 2 aliphatic carbocycles. The highest BCUT2D eigenvalue weighted by Crippen LogP contribution is 2.51. The lowest BCUT2D eigenvalue weighted by Crippen LogP contribution is -2.47. The van der Waals surface area contributed by atoms with Gasteiger partial charge in [-0.3, -0.25) is 4.79 Å². The van der Waals surface area contributed by atoms with Gasteiger partial charge in [-0.15, -0.1) is 0 Å². The number of carbonyl (C=O) groups excluding carboxylic acids is 2. The van der Waals surface area contributed by atoms with Gasteiger partial charge in [-0.2, -0.15) is 0 Å². The molecule has 27 heavy (non-hydrogen) atoms. The largest absolute Gasteiger partial charge is 0.434 e. The fourth-order valence-electron chi connectivity index (χ4n) is 5.90. The molecule has 1 aromatic carbocycles. The molecule has 0 spiro atoms. The maximum atomic E-state index is 12.8. The highest BCUT2D eigenvalue weighted by atomic mass is 16.6. The van der Waals surface area contributed by atoms with Gasteiger partial charge in [-0.25, -0.2) is 4.79 Å². The van der Waals surface area contributed by atoms with Gasteiger partial charge >= 0.3 is 6.09 Å². The number of amides is 2. The Balaban J connectivity index is 1.59. The van der Waals surface area contributed by atoms with Crippen LogP contribution in [0.15, 0.2) is 30.3 Å². The van der Waals surface area contributed by atoms with Gasteiger partial charge in [0.05, 0.1) is 12.6 Å². The van der Waals surface area contributed by atoms with E-state index in [1.54, 1.807) is 0 Å². The number of ether oxygens (including phenoxy) is 1. The molecule has 1 saturated heterocycles. The molecule has 1 aliphatic heterocycles. The fraction of sp³-hybridized carbons (Fsp3) is 0.636. The molecule has 146 valence electrons. The Morgan fingerprint density at radius 1 is 1.15 bits per heavy atom. The van der Waals surface area contributed by atoms with Crippen LogP contribution in [0.4, 0.5) is 4.79 Å². The van der Waals surface area contributed by atoms with Gasteiger partial charge < -0.3 is 15.4 Å². The smallest absolute Gasteiger partial charge is 0.408 e. The summed E-state index contributed by atoms with van der Waals surface area (Å²) in [6, 6.07) is 10.2. The van der Waals surface area contributed by atoms with Crippen molar-refractivity contribution in [2.45, 2.75) is 51.7 Å². The molecule has 2 amide bonds. The number of carbonyl (C=O) groups is 2. The number of fused-ring (bicyclic) bond motifs is 2. The topological polar surface area (TPSA) is 67.4 Å². The van der Waals surface area contributed by atoms with Crippen molar-refractivity contribution in [1.29, 1.82) is 0 Å². The van der Waals surface area contributed by atoms with Crippen molar-refractivity contribution in [2.24, 2.45) is 29.6 Å². The zero-order valence-electron chi connectivity index (χ0n) is 16.2. The van der Waals surface area contributed by atoms with Crippen LogP contribution in [-0.4, -0.2) is 24.6 Å². The summed E-state index contributed by atoms with van der Waals surface area (Å²) in [4.78, 5) is 24.2. The van der Waals surface area contributed by atoms with Crippen molar-refractivity contribution < 1.29 is 14.3 Å². The van der Waals surface area contributed by atoms with Crippen molar-refractivity contribution >= 4 is 12.0 Å². The zero-order valence-corrected chi connectivity index (χ0v) is 16.2. The predicted octanol–water partition coefficient (Wildman–Crippen LogP) is 3.66. The normalized spacial score (nSPS) is 36.4. The Morgan fingerprint density at radius 3 is 2.63 bits per heavy atom. The van der Waals surface area contributed by atoms with Gasteiger partial charge in [0, 0.05) is 0 Å². The van der Waals surface area contributed by atoms with Crippen molar-refractivity contribution in [2.75, 3.05) is 6.54 Å². The lowest BCUT2D eigenvalue weighted by atomic mass is 9.58. The average Bonchev–Trinajstić information content (AvgIpc) is 3.07. The van der Waals surface area contributed by atoms with Gasteiger partial charge in [0.15, 0.2) is 6.10 Å². The van der Waals surface area contributed by atoms with Crippen LogP contribution in [0, 0.1) is 29.6 Å². The molecule has 6 unspecified atom stereocenters. The van der Waals surface area contributed by atoms with E-state index in [9.17, 15) is 9.59 Å². The van der Waals surface area contributed by atoms with Crippen molar-refractivity contribution in [1.82, 2.24) is 10.6 Å². The third-order valence-electron chi connectivity index (χ3n) is 6.80. The Kier molecular flexibility index (Phi) is 5.11. The second-order valence-electron chi connectivity index (χ2n) is 8.90. The lowest BCUT2D eigenvalue weighted by Gasteiger charge is -2.49. The molecule has 2 bridgehead atoms. The molecular formula is C22H30N2O3. The van der Waals surface area contributed by atoms with Crippen molar-refractivity contribution in [3.05, 3.63) is 35.9 Å². The van der Waals surface area contributed by atoms with Crippen LogP contribution >= 0.6 is 0 Å². The van der Waals surface area contributed by atoms with E-state index in [0.29, 0.717) is 17.8 Å². The summed E-state index contributed by atoms with van der Waals surface area (Å²) in [5.41, 5.74) is 1.15. The summed E-state index contributed by atoms with van der Waals surface area (Å²) in [6.45, 7) is 4.96. The molecule has 4 rings (SSSR count). The minimum absolute atomic E-state index is 0.0377. The van der Waals surface area contributed by atoms with Crippen LogP contribution in [0.1, 0.15) is 51.1 Å².